The minimum atomic E-state index is -0.106. The largest absolute Gasteiger partial charge is 0.392 e. The van der Waals surface area contributed by atoms with E-state index >= 15 is 0 Å². The molecule has 0 aromatic heterocycles. The average Bonchev–Trinajstić information content (AvgIpc) is 2.15. The molecule has 2 nitrogen and oxygen atoms in total. The zero-order valence-electron chi connectivity index (χ0n) is 8.05. The van der Waals surface area contributed by atoms with Crippen molar-refractivity contribution in [3.8, 4) is 0 Å². The Kier molecular flexibility index (Phi) is 4.62. The second kappa shape index (κ2) is 5.55. The molecule has 0 amide bonds. The van der Waals surface area contributed by atoms with Crippen molar-refractivity contribution in [1.82, 2.24) is 5.32 Å². The molecule has 12 heavy (non-hydrogen) atoms. The molecular weight excluding hydrogens is 150 g/mol. The van der Waals surface area contributed by atoms with Gasteiger partial charge < -0.3 is 10.4 Å². The highest BCUT2D eigenvalue weighted by molar-refractivity contribution is 4.74. The van der Waals surface area contributed by atoms with Crippen LogP contribution in [0.15, 0.2) is 0 Å². The highest BCUT2D eigenvalue weighted by Crippen LogP contribution is 2.25. The van der Waals surface area contributed by atoms with Gasteiger partial charge >= 0.3 is 0 Å². The topological polar surface area (TPSA) is 32.3 Å². The maximum Gasteiger partial charge on any atom is 0.0692 e. The Bertz CT molecular complexity index is 110. The molecule has 1 aliphatic carbocycles. The molecule has 1 atom stereocenters. The van der Waals surface area contributed by atoms with Crippen molar-refractivity contribution in [3.63, 3.8) is 0 Å². The zero-order valence-corrected chi connectivity index (χ0v) is 8.05. The van der Waals surface area contributed by atoms with Crippen LogP contribution < -0.4 is 5.32 Å². The van der Waals surface area contributed by atoms with Crippen molar-refractivity contribution in [3.05, 3.63) is 0 Å². The third kappa shape index (κ3) is 3.11. The van der Waals surface area contributed by atoms with Gasteiger partial charge in [-0.25, -0.2) is 0 Å². The van der Waals surface area contributed by atoms with Crippen molar-refractivity contribution in [2.45, 2.75) is 45.1 Å². The third-order valence-electron chi connectivity index (χ3n) is 2.80. The lowest BCUT2D eigenvalue weighted by molar-refractivity contribution is 0.0846. The summed E-state index contributed by atoms with van der Waals surface area (Å²) in [7, 11) is 0. The molecule has 2 heteroatoms. The summed E-state index contributed by atoms with van der Waals surface area (Å²) in [5, 5.41) is 12.9. The van der Waals surface area contributed by atoms with Crippen LogP contribution in [0.3, 0.4) is 0 Å². The Labute approximate surface area is 75.4 Å². The van der Waals surface area contributed by atoms with Crippen LogP contribution in [0, 0.1) is 5.92 Å². The van der Waals surface area contributed by atoms with Crippen molar-refractivity contribution in [2.75, 3.05) is 13.1 Å². The van der Waals surface area contributed by atoms with Crippen LogP contribution in [0.2, 0.25) is 0 Å². The molecule has 1 saturated carbocycles. The van der Waals surface area contributed by atoms with Crippen molar-refractivity contribution in [1.29, 1.82) is 0 Å². The highest BCUT2D eigenvalue weighted by Gasteiger charge is 2.20. The molecule has 1 rings (SSSR count). The predicted molar refractivity (Wildman–Crippen MR) is 51.1 cm³/mol. The number of aliphatic hydroxyl groups excluding tert-OH is 1. The molecule has 0 aromatic rings. The van der Waals surface area contributed by atoms with Crippen molar-refractivity contribution < 1.29 is 5.11 Å². The van der Waals surface area contributed by atoms with E-state index < -0.39 is 0 Å². The summed E-state index contributed by atoms with van der Waals surface area (Å²) in [6.07, 6.45) is 6.34. The minimum Gasteiger partial charge on any atom is -0.392 e. The molecule has 72 valence electrons. The van der Waals surface area contributed by atoms with Gasteiger partial charge in [-0.2, -0.15) is 0 Å². The van der Waals surface area contributed by atoms with E-state index in [1.54, 1.807) is 0 Å². The van der Waals surface area contributed by atoms with Gasteiger partial charge in [-0.3, -0.25) is 0 Å². The second-order valence-corrected chi connectivity index (χ2v) is 3.77. The monoisotopic (exact) mass is 171 g/mol. The van der Waals surface area contributed by atoms with Gasteiger partial charge in [0.1, 0.15) is 0 Å². The molecule has 0 aromatic carbocycles. The lowest BCUT2D eigenvalue weighted by Gasteiger charge is -2.26. The summed E-state index contributed by atoms with van der Waals surface area (Å²) in [5.74, 6) is 0.567. The van der Waals surface area contributed by atoms with Gasteiger partial charge in [-0.05, 0) is 25.3 Å². The lowest BCUT2D eigenvalue weighted by atomic mass is 9.85. The third-order valence-corrected chi connectivity index (χ3v) is 2.80. The standard InChI is InChI=1S/C10H21NO/c1-2-11-8-10(12)9-6-4-3-5-7-9/h9-12H,2-8H2,1H3. The van der Waals surface area contributed by atoms with E-state index in [0.29, 0.717) is 5.92 Å². The van der Waals surface area contributed by atoms with Crippen LogP contribution in [0.25, 0.3) is 0 Å². The predicted octanol–water partition coefficient (Wildman–Crippen LogP) is 1.54. The maximum atomic E-state index is 9.74. The SMILES string of the molecule is CCNCC(O)C1CCCCC1. The fourth-order valence-electron chi connectivity index (χ4n) is 1.98. The number of nitrogens with one attached hydrogen (secondary N) is 1. The van der Waals surface area contributed by atoms with Gasteiger partial charge in [0, 0.05) is 6.54 Å². The van der Waals surface area contributed by atoms with Gasteiger partial charge in [0.2, 0.25) is 0 Å². The molecule has 1 aliphatic rings. The van der Waals surface area contributed by atoms with E-state index in [1.165, 1.54) is 32.1 Å². The van der Waals surface area contributed by atoms with E-state index in [0.717, 1.165) is 13.1 Å². The van der Waals surface area contributed by atoms with Crippen molar-refractivity contribution in [2.24, 2.45) is 5.92 Å². The summed E-state index contributed by atoms with van der Waals surface area (Å²) in [6.45, 7) is 3.82. The van der Waals surface area contributed by atoms with Gasteiger partial charge in [0.25, 0.3) is 0 Å². The quantitative estimate of drug-likeness (QED) is 0.672. The van der Waals surface area contributed by atoms with Gasteiger partial charge in [0.05, 0.1) is 6.10 Å². The summed E-state index contributed by atoms with van der Waals surface area (Å²) in [6, 6.07) is 0. The molecule has 0 spiro atoms. The Hall–Kier alpha value is -0.0800. The first-order valence-electron chi connectivity index (χ1n) is 5.23. The Morgan fingerprint density at radius 3 is 2.58 bits per heavy atom. The smallest absolute Gasteiger partial charge is 0.0692 e. The molecule has 0 radical (unpaired) electrons. The molecule has 0 saturated heterocycles. The van der Waals surface area contributed by atoms with Crippen LogP contribution in [0.1, 0.15) is 39.0 Å². The first kappa shape index (κ1) is 10.0. The molecule has 0 aliphatic heterocycles. The van der Waals surface area contributed by atoms with Crippen molar-refractivity contribution >= 4 is 0 Å². The van der Waals surface area contributed by atoms with E-state index in [4.69, 9.17) is 0 Å². The van der Waals surface area contributed by atoms with E-state index in [1.807, 2.05) is 0 Å². The summed E-state index contributed by atoms with van der Waals surface area (Å²) < 4.78 is 0. The number of aliphatic hydroxyl groups is 1. The lowest BCUT2D eigenvalue weighted by Crippen LogP contribution is -2.33. The maximum absolute atomic E-state index is 9.74. The van der Waals surface area contributed by atoms with E-state index in [-0.39, 0.29) is 6.10 Å². The van der Waals surface area contributed by atoms with E-state index in [2.05, 4.69) is 12.2 Å². The van der Waals surface area contributed by atoms with Gasteiger partial charge in [-0.1, -0.05) is 26.2 Å². The Balaban J connectivity index is 2.15. The number of hydrogen-bond donors (Lipinski definition) is 2. The van der Waals surface area contributed by atoms with Crippen LogP contribution in [0.5, 0.6) is 0 Å². The summed E-state index contributed by atoms with van der Waals surface area (Å²) in [4.78, 5) is 0. The molecule has 1 unspecified atom stereocenters. The molecular formula is C10H21NO. The zero-order chi connectivity index (χ0) is 8.81. The van der Waals surface area contributed by atoms with Gasteiger partial charge in [0.15, 0.2) is 0 Å². The average molecular weight is 171 g/mol. The highest BCUT2D eigenvalue weighted by atomic mass is 16.3. The van der Waals surface area contributed by atoms with Crippen LogP contribution in [-0.2, 0) is 0 Å². The second-order valence-electron chi connectivity index (χ2n) is 3.77. The molecule has 2 N–H and O–H groups in total. The van der Waals surface area contributed by atoms with Gasteiger partial charge in [-0.15, -0.1) is 0 Å². The summed E-state index contributed by atoms with van der Waals surface area (Å²) in [5.41, 5.74) is 0. The van der Waals surface area contributed by atoms with E-state index in [9.17, 15) is 5.11 Å². The first-order chi connectivity index (χ1) is 5.84. The molecule has 1 fully saturated rings. The number of likely N-dealkylation sites (N-methyl/N-ethyl adjacent to an activating group) is 1. The number of rotatable bonds is 4. The minimum absolute atomic E-state index is 0.106. The van der Waals surface area contributed by atoms with Crippen LogP contribution in [-0.4, -0.2) is 24.3 Å². The first-order valence-corrected chi connectivity index (χ1v) is 5.23. The summed E-state index contributed by atoms with van der Waals surface area (Å²) >= 11 is 0. The fourth-order valence-corrected chi connectivity index (χ4v) is 1.98. The normalized spacial score (nSPS) is 22.5. The van der Waals surface area contributed by atoms with Crippen LogP contribution in [0.4, 0.5) is 0 Å². The molecule has 0 bridgehead atoms. The Morgan fingerprint density at radius 2 is 2.00 bits per heavy atom. The number of hydrogen-bond acceptors (Lipinski definition) is 2. The molecule has 0 heterocycles. The van der Waals surface area contributed by atoms with Crippen LogP contribution >= 0.6 is 0 Å². The Morgan fingerprint density at radius 1 is 1.33 bits per heavy atom. The fraction of sp³-hybridized carbons (Fsp3) is 1.00.